The number of carbonyl (C=O) groups excluding carboxylic acids is 2. The van der Waals surface area contributed by atoms with Crippen LogP contribution in [-0.4, -0.2) is 28.2 Å². The lowest BCUT2D eigenvalue weighted by Gasteiger charge is -2.09. The summed E-state index contributed by atoms with van der Waals surface area (Å²) in [6.45, 7) is 0. The molecule has 0 saturated carbocycles. The molecule has 3 aromatic rings. The Labute approximate surface area is 170 Å². The van der Waals surface area contributed by atoms with Gasteiger partial charge in [-0.3, -0.25) is 14.6 Å². The van der Waals surface area contributed by atoms with Crippen LogP contribution in [0.15, 0.2) is 84.0 Å². The normalized spacial score (nSPS) is 18.6. The van der Waals surface area contributed by atoms with Crippen LogP contribution in [0.4, 0.5) is 5.69 Å². The van der Waals surface area contributed by atoms with Gasteiger partial charge in [0.15, 0.2) is 10.7 Å². The quantitative estimate of drug-likeness (QED) is 0.391. The van der Waals surface area contributed by atoms with Crippen molar-refractivity contribution in [3.8, 4) is 0 Å². The number of nitrogens with zero attached hydrogens (tertiary/aromatic N) is 1. The molecule has 1 fully saturated rings. The molecule has 0 aliphatic carbocycles. The molecule has 1 aliphatic rings. The summed E-state index contributed by atoms with van der Waals surface area (Å²) < 4.78 is 0. The van der Waals surface area contributed by atoms with E-state index in [2.05, 4.69) is 16.4 Å². The number of aromatic nitrogens is 1. The van der Waals surface area contributed by atoms with Gasteiger partial charge in [-0.25, -0.2) is 0 Å². The van der Waals surface area contributed by atoms with Gasteiger partial charge in [-0.05, 0) is 24.3 Å². The number of benzene rings is 2. The summed E-state index contributed by atoms with van der Waals surface area (Å²) in [5.74, 6) is 1.54. The third-order valence-electron chi connectivity index (χ3n) is 4.46. The second kappa shape index (κ2) is 8.63. The van der Waals surface area contributed by atoms with Gasteiger partial charge in [-0.2, -0.15) is 0 Å². The number of anilines is 1. The molecule has 1 amide bonds. The zero-order chi connectivity index (χ0) is 19.3. The first kappa shape index (κ1) is 18.8. The van der Waals surface area contributed by atoms with E-state index in [0.717, 1.165) is 11.5 Å². The molecule has 1 aromatic heterocycles. The van der Waals surface area contributed by atoms with Gasteiger partial charge in [0, 0.05) is 23.0 Å². The van der Waals surface area contributed by atoms with E-state index in [-0.39, 0.29) is 27.5 Å². The van der Waals surface area contributed by atoms with Crippen molar-refractivity contribution < 1.29 is 9.59 Å². The number of ketones is 1. The molecule has 2 aromatic carbocycles. The molecular formula is C22H19N2O2S2+. The van der Waals surface area contributed by atoms with Crippen LogP contribution in [0.1, 0.15) is 15.9 Å². The zero-order valence-electron chi connectivity index (χ0n) is 15.1. The molecule has 2 heterocycles. The molecular weight excluding hydrogens is 388 g/mol. The highest BCUT2D eigenvalue weighted by Crippen LogP contribution is 2.36. The van der Waals surface area contributed by atoms with Crippen molar-refractivity contribution >= 4 is 38.1 Å². The first-order valence-electron chi connectivity index (χ1n) is 8.95. The van der Waals surface area contributed by atoms with Gasteiger partial charge in [0.25, 0.3) is 0 Å². The van der Waals surface area contributed by atoms with Crippen LogP contribution in [-0.2, 0) is 14.7 Å². The molecule has 4 nitrogen and oxygen atoms in total. The molecule has 140 valence electrons. The van der Waals surface area contributed by atoms with Crippen molar-refractivity contribution in [3.63, 3.8) is 0 Å². The molecule has 0 radical (unpaired) electrons. The summed E-state index contributed by atoms with van der Waals surface area (Å²) in [6.07, 6.45) is 3.65. The molecule has 1 saturated heterocycles. The average molecular weight is 408 g/mol. The molecule has 2 unspecified atom stereocenters. The minimum atomic E-state index is -0.0498. The monoisotopic (exact) mass is 407 g/mol. The van der Waals surface area contributed by atoms with Gasteiger partial charge in [0.2, 0.25) is 5.91 Å². The maximum atomic E-state index is 12.7. The van der Waals surface area contributed by atoms with Gasteiger partial charge in [0.1, 0.15) is 5.75 Å². The van der Waals surface area contributed by atoms with Crippen LogP contribution < -0.4 is 5.32 Å². The molecule has 6 heteroatoms. The Kier molecular flexibility index (Phi) is 5.78. The lowest BCUT2D eigenvalue weighted by Crippen LogP contribution is -2.25. The average Bonchev–Trinajstić information content (AvgIpc) is 3.25. The summed E-state index contributed by atoms with van der Waals surface area (Å²) in [5.41, 5.74) is 1.86. The summed E-state index contributed by atoms with van der Waals surface area (Å²) in [5, 5.41) is 2.99. The third-order valence-corrected chi connectivity index (χ3v) is 9.00. The van der Waals surface area contributed by atoms with E-state index in [1.165, 1.54) is 4.90 Å². The van der Waals surface area contributed by atoms with E-state index in [1.807, 2.05) is 47.3 Å². The maximum Gasteiger partial charge on any atom is 0.233 e. The Morgan fingerprint density at radius 2 is 1.82 bits per heavy atom. The van der Waals surface area contributed by atoms with Crippen LogP contribution in [0.5, 0.6) is 0 Å². The van der Waals surface area contributed by atoms with Gasteiger partial charge in [-0.1, -0.05) is 42.5 Å². The summed E-state index contributed by atoms with van der Waals surface area (Å²) in [6, 6.07) is 20.3. The van der Waals surface area contributed by atoms with E-state index in [9.17, 15) is 9.59 Å². The van der Waals surface area contributed by atoms with Crippen LogP contribution in [0, 0.1) is 5.92 Å². The fraction of sp³-hybridized carbons (Fsp3) is 0.136. The van der Waals surface area contributed by atoms with Crippen molar-refractivity contribution in [1.29, 1.82) is 0 Å². The minimum Gasteiger partial charge on any atom is -0.326 e. The van der Waals surface area contributed by atoms with Crippen molar-refractivity contribution in [3.05, 3.63) is 90.3 Å². The van der Waals surface area contributed by atoms with Gasteiger partial charge < -0.3 is 5.32 Å². The molecule has 1 aliphatic heterocycles. The van der Waals surface area contributed by atoms with Crippen molar-refractivity contribution in [2.75, 3.05) is 16.8 Å². The zero-order valence-corrected chi connectivity index (χ0v) is 16.7. The Morgan fingerprint density at radius 3 is 2.61 bits per heavy atom. The molecule has 28 heavy (non-hydrogen) atoms. The standard InChI is InChI=1S/C22H18N2O2S2/c25-21(16-6-2-1-3-7-16)17-8-4-9-19(12-17)24-22(26)18-14-27-28(15-18)20-10-5-11-23-13-20/h1-13,18H,14-15H2/p+1. The molecule has 0 bridgehead atoms. The van der Waals surface area contributed by atoms with Crippen LogP contribution in [0.25, 0.3) is 0 Å². The summed E-state index contributed by atoms with van der Waals surface area (Å²) >= 11 is 0. The number of hydrogen-bond acceptors (Lipinski definition) is 4. The van der Waals surface area contributed by atoms with Crippen molar-refractivity contribution in [2.24, 2.45) is 5.92 Å². The van der Waals surface area contributed by atoms with E-state index in [1.54, 1.807) is 36.5 Å². The van der Waals surface area contributed by atoms with Crippen molar-refractivity contribution in [1.82, 2.24) is 4.98 Å². The maximum absolute atomic E-state index is 12.7. The first-order valence-corrected chi connectivity index (χ1v) is 11.9. The van der Waals surface area contributed by atoms with E-state index < -0.39 is 0 Å². The summed E-state index contributed by atoms with van der Waals surface area (Å²) in [7, 11) is 1.82. The van der Waals surface area contributed by atoms with Crippen LogP contribution in [0.3, 0.4) is 0 Å². The minimum absolute atomic E-state index is 0.00325. The topological polar surface area (TPSA) is 59.1 Å². The molecule has 0 spiro atoms. The second-order valence-corrected chi connectivity index (χ2v) is 10.4. The number of carbonyl (C=O) groups is 2. The Morgan fingerprint density at radius 1 is 1.00 bits per heavy atom. The second-order valence-electron chi connectivity index (χ2n) is 6.45. The predicted octanol–water partition coefficient (Wildman–Crippen LogP) is 4.21. The van der Waals surface area contributed by atoms with Crippen LogP contribution >= 0.6 is 10.8 Å². The van der Waals surface area contributed by atoms with Crippen LogP contribution in [0.2, 0.25) is 0 Å². The van der Waals surface area contributed by atoms with Gasteiger partial charge in [-0.15, -0.1) is 0 Å². The summed E-state index contributed by atoms with van der Waals surface area (Å²) in [4.78, 5) is 30.7. The van der Waals surface area contributed by atoms with E-state index >= 15 is 0 Å². The number of rotatable bonds is 5. The molecule has 2 atom stereocenters. The Hall–Kier alpha value is -2.57. The SMILES string of the molecule is O=C(c1ccccc1)c1cccc(NC(=O)C2CS[S+](c3cccnc3)C2)c1. The van der Waals surface area contributed by atoms with Crippen molar-refractivity contribution in [2.45, 2.75) is 4.90 Å². The lowest BCUT2D eigenvalue weighted by atomic mass is 10.0. The van der Waals surface area contributed by atoms with Gasteiger partial charge in [0.05, 0.1) is 38.6 Å². The van der Waals surface area contributed by atoms with Gasteiger partial charge >= 0.3 is 0 Å². The fourth-order valence-electron chi connectivity index (χ4n) is 2.98. The molecule has 1 N–H and O–H groups in total. The number of amides is 1. The predicted molar refractivity (Wildman–Crippen MR) is 116 cm³/mol. The number of nitrogens with one attached hydrogen (secondary N) is 1. The highest BCUT2D eigenvalue weighted by atomic mass is 33.1. The van der Waals surface area contributed by atoms with E-state index in [4.69, 9.17) is 0 Å². The first-order chi connectivity index (χ1) is 13.7. The largest absolute Gasteiger partial charge is 0.326 e. The lowest BCUT2D eigenvalue weighted by molar-refractivity contribution is -0.118. The number of pyridine rings is 1. The highest BCUT2D eigenvalue weighted by molar-refractivity contribution is 8.74. The Balaban J connectivity index is 1.42. The molecule has 4 rings (SSSR count). The van der Waals surface area contributed by atoms with E-state index in [0.29, 0.717) is 16.8 Å². The fourth-order valence-corrected chi connectivity index (χ4v) is 7.67. The smallest absolute Gasteiger partial charge is 0.233 e. The third kappa shape index (κ3) is 4.29. The number of hydrogen-bond donors (Lipinski definition) is 1. The Bertz CT molecular complexity index is 980. The highest BCUT2D eigenvalue weighted by Gasteiger charge is 2.40.